The molecule has 0 saturated carbocycles. The van der Waals surface area contributed by atoms with E-state index in [0.29, 0.717) is 40.5 Å². The van der Waals surface area contributed by atoms with Crippen LogP contribution in [-0.4, -0.2) is 13.4 Å². The summed E-state index contributed by atoms with van der Waals surface area (Å²) in [6.07, 6.45) is 0.470. The molecule has 0 spiro atoms. The predicted molar refractivity (Wildman–Crippen MR) is 113 cm³/mol. The lowest BCUT2D eigenvalue weighted by molar-refractivity contribution is 0.519. The molecule has 0 aliphatic heterocycles. The fourth-order valence-electron chi connectivity index (χ4n) is 3.25. The summed E-state index contributed by atoms with van der Waals surface area (Å²) in [5.41, 5.74) is 3.22. The molecule has 0 fully saturated rings. The van der Waals surface area contributed by atoms with E-state index in [9.17, 15) is 12.8 Å². The summed E-state index contributed by atoms with van der Waals surface area (Å²) in [5, 5.41) is 5.19. The Morgan fingerprint density at radius 3 is 2.33 bits per heavy atom. The zero-order valence-corrected chi connectivity index (χ0v) is 17.0. The van der Waals surface area contributed by atoms with Gasteiger partial charge in [-0.3, -0.25) is 0 Å². The molecule has 0 aliphatic rings. The quantitative estimate of drug-likeness (QED) is 0.505. The van der Waals surface area contributed by atoms with Crippen LogP contribution in [-0.2, 0) is 16.4 Å². The highest BCUT2D eigenvalue weighted by Gasteiger charge is 2.20. The number of primary sulfonamides is 1. The highest BCUT2D eigenvalue weighted by Crippen LogP contribution is 2.35. The van der Waals surface area contributed by atoms with E-state index >= 15 is 0 Å². The number of benzene rings is 3. The van der Waals surface area contributed by atoms with Crippen molar-refractivity contribution in [2.45, 2.75) is 18.2 Å². The van der Waals surface area contributed by atoms with E-state index in [0.717, 1.165) is 5.56 Å². The molecule has 7 heteroatoms. The van der Waals surface area contributed by atoms with Crippen molar-refractivity contribution < 1.29 is 17.2 Å². The largest absolute Gasteiger partial charge is 0.440 e. The second kappa shape index (κ2) is 7.85. The van der Waals surface area contributed by atoms with Gasteiger partial charge in [-0.15, -0.1) is 0 Å². The Morgan fingerprint density at radius 2 is 1.67 bits per heavy atom. The van der Waals surface area contributed by atoms with Crippen LogP contribution in [0.4, 0.5) is 4.39 Å². The van der Waals surface area contributed by atoms with Crippen molar-refractivity contribution in [3.63, 3.8) is 0 Å². The van der Waals surface area contributed by atoms with Crippen molar-refractivity contribution in [3.05, 3.63) is 95.6 Å². The van der Waals surface area contributed by atoms with Gasteiger partial charge in [-0.2, -0.15) is 0 Å². The zero-order valence-electron chi connectivity index (χ0n) is 16.2. The van der Waals surface area contributed by atoms with Crippen molar-refractivity contribution in [2.24, 2.45) is 5.14 Å². The summed E-state index contributed by atoms with van der Waals surface area (Å²) in [6, 6.07) is 20.6. The third-order valence-corrected chi connectivity index (χ3v) is 5.77. The first-order valence-corrected chi connectivity index (χ1v) is 10.8. The number of halogens is 1. The number of nitrogens with zero attached hydrogens (tertiary/aromatic N) is 1. The Morgan fingerprint density at radius 1 is 0.967 bits per heavy atom. The van der Waals surface area contributed by atoms with Gasteiger partial charge in [0.05, 0.1) is 4.90 Å². The normalized spacial score (nSPS) is 11.6. The first kappa shape index (κ1) is 20.0. The molecule has 152 valence electrons. The molecule has 0 amide bonds. The summed E-state index contributed by atoms with van der Waals surface area (Å²) in [4.78, 5) is 4.65. The predicted octanol–water partition coefficient (Wildman–Crippen LogP) is 4.69. The molecular weight excluding hydrogens is 403 g/mol. The van der Waals surface area contributed by atoms with E-state index in [1.54, 1.807) is 31.2 Å². The van der Waals surface area contributed by atoms with Gasteiger partial charge >= 0.3 is 0 Å². The van der Waals surface area contributed by atoms with Crippen LogP contribution in [0.15, 0.2) is 82.1 Å². The molecule has 1 aromatic heterocycles. The molecule has 30 heavy (non-hydrogen) atoms. The zero-order chi connectivity index (χ0) is 21.3. The van der Waals surface area contributed by atoms with Crippen molar-refractivity contribution in [1.29, 1.82) is 0 Å². The van der Waals surface area contributed by atoms with Gasteiger partial charge in [0.2, 0.25) is 10.0 Å². The van der Waals surface area contributed by atoms with Crippen LogP contribution in [0.2, 0.25) is 0 Å². The van der Waals surface area contributed by atoms with Crippen LogP contribution in [0.5, 0.6) is 0 Å². The van der Waals surface area contributed by atoms with E-state index in [-0.39, 0.29) is 10.7 Å². The number of rotatable bonds is 5. The molecule has 0 atom stereocenters. The lowest BCUT2D eigenvalue weighted by atomic mass is 10.0. The van der Waals surface area contributed by atoms with Gasteiger partial charge in [0.1, 0.15) is 11.5 Å². The molecule has 4 rings (SSSR count). The molecule has 1 heterocycles. The second-order valence-electron chi connectivity index (χ2n) is 6.93. The van der Waals surface area contributed by atoms with Crippen LogP contribution in [0.1, 0.15) is 17.0 Å². The van der Waals surface area contributed by atoms with Gasteiger partial charge in [-0.25, -0.2) is 22.9 Å². The number of aromatic nitrogens is 1. The first-order chi connectivity index (χ1) is 14.3. The monoisotopic (exact) mass is 422 g/mol. The molecule has 0 radical (unpaired) electrons. The maximum absolute atomic E-state index is 14.2. The molecular formula is C23H19FN2O3S. The fourth-order valence-corrected chi connectivity index (χ4v) is 3.76. The van der Waals surface area contributed by atoms with E-state index in [1.165, 1.54) is 18.2 Å². The SMILES string of the molecule is Cc1c(F)cccc1-c1nc(Cc2ccccc2)oc1-c1ccc(S(N)(=O)=O)cc1. The number of sulfonamides is 1. The van der Waals surface area contributed by atoms with Crippen molar-refractivity contribution in [3.8, 4) is 22.6 Å². The third-order valence-electron chi connectivity index (χ3n) is 4.84. The smallest absolute Gasteiger partial charge is 0.238 e. The van der Waals surface area contributed by atoms with Crippen LogP contribution >= 0.6 is 0 Å². The Kier molecular flexibility index (Phi) is 5.24. The molecule has 0 aliphatic carbocycles. The van der Waals surface area contributed by atoms with E-state index in [1.807, 2.05) is 30.3 Å². The highest BCUT2D eigenvalue weighted by atomic mass is 32.2. The van der Waals surface area contributed by atoms with Gasteiger partial charge in [-0.05, 0) is 48.4 Å². The minimum absolute atomic E-state index is 0.00115. The van der Waals surface area contributed by atoms with Crippen LogP contribution < -0.4 is 5.14 Å². The molecule has 4 aromatic rings. The van der Waals surface area contributed by atoms with E-state index in [4.69, 9.17) is 9.56 Å². The van der Waals surface area contributed by atoms with Gasteiger partial charge in [0.25, 0.3) is 0 Å². The van der Waals surface area contributed by atoms with E-state index in [2.05, 4.69) is 4.98 Å². The van der Waals surface area contributed by atoms with Gasteiger partial charge in [0.15, 0.2) is 11.7 Å². The topological polar surface area (TPSA) is 86.2 Å². The summed E-state index contributed by atoms with van der Waals surface area (Å²) in [6.45, 7) is 1.68. The molecule has 0 unspecified atom stereocenters. The lowest BCUT2D eigenvalue weighted by Gasteiger charge is -2.06. The summed E-state index contributed by atoms with van der Waals surface area (Å²) in [7, 11) is -3.81. The minimum Gasteiger partial charge on any atom is -0.440 e. The summed E-state index contributed by atoms with van der Waals surface area (Å²) < 4.78 is 43.4. The summed E-state index contributed by atoms with van der Waals surface area (Å²) in [5.74, 6) is 0.580. The number of hydrogen-bond donors (Lipinski definition) is 1. The molecule has 5 nitrogen and oxygen atoms in total. The molecule has 0 saturated heterocycles. The Balaban J connectivity index is 1.84. The fraction of sp³-hybridized carbons (Fsp3) is 0.0870. The molecule has 3 aromatic carbocycles. The first-order valence-electron chi connectivity index (χ1n) is 9.25. The maximum Gasteiger partial charge on any atom is 0.238 e. The number of hydrogen-bond acceptors (Lipinski definition) is 4. The average Bonchev–Trinajstić information content (AvgIpc) is 3.14. The van der Waals surface area contributed by atoms with Gasteiger partial charge in [0, 0.05) is 17.5 Å². The standard InChI is InChI=1S/C23H19FN2O3S/c1-15-19(8-5-9-20(15)24)22-23(17-10-12-18(13-11-17)30(25,27)28)29-21(26-22)14-16-6-3-2-4-7-16/h2-13H,14H2,1H3,(H2,25,27,28). The van der Waals surface area contributed by atoms with Crippen molar-refractivity contribution in [2.75, 3.05) is 0 Å². The van der Waals surface area contributed by atoms with Crippen LogP contribution in [0.25, 0.3) is 22.6 Å². The third kappa shape index (κ3) is 4.03. The lowest BCUT2D eigenvalue weighted by Crippen LogP contribution is -2.11. The molecule has 2 N–H and O–H groups in total. The van der Waals surface area contributed by atoms with Gasteiger partial charge in [-0.1, -0.05) is 42.5 Å². The Hall–Kier alpha value is -3.29. The maximum atomic E-state index is 14.2. The minimum atomic E-state index is -3.81. The van der Waals surface area contributed by atoms with Crippen LogP contribution in [0.3, 0.4) is 0 Å². The van der Waals surface area contributed by atoms with Crippen molar-refractivity contribution >= 4 is 10.0 Å². The highest BCUT2D eigenvalue weighted by molar-refractivity contribution is 7.89. The summed E-state index contributed by atoms with van der Waals surface area (Å²) >= 11 is 0. The molecule has 0 bridgehead atoms. The average molecular weight is 422 g/mol. The Bertz CT molecular complexity index is 1300. The van der Waals surface area contributed by atoms with Crippen LogP contribution in [0, 0.1) is 12.7 Å². The number of oxazole rings is 1. The van der Waals surface area contributed by atoms with Gasteiger partial charge < -0.3 is 4.42 Å². The number of nitrogens with two attached hydrogens (primary N) is 1. The van der Waals surface area contributed by atoms with Crippen molar-refractivity contribution in [1.82, 2.24) is 4.98 Å². The van der Waals surface area contributed by atoms with E-state index < -0.39 is 10.0 Å². The Labute approximate surface area is 174 Å². The second-order valence-corrected chi connectivity index (χ2v) is 8.49.